The van der Waals surface area contributed by atoms with Crippen LogP contribution in [-0.2, 0) is 23.4 Å². The summed E-state index contributed by atoms with van der Waals surface area (Å²) in [7, 11) is 3.41. The summed E-state index contributed by atoms with van der Waals surface area (Å²) in [6.07, 6.45) is 16.5. The van der Waals surface area contributed by atoms with Crippen molar-refractivity contribution in [1.29, 1.82) is 0 Å². The lowest BCUT2D eigenvalue weighted by Gasteiger charge is -2.51. The number of hydrogen-bond donors (Lipinski definition) is 6. The highest BCUT2D eigenvalue weighted by Gasteiger charge is 2.68. The molecule has 6 aliphatic rings. The average Bonchev–Trinajstić information content (AvgIpc) is 3.81. The summed E-state index contributed by atoms with van der Waals surface area (Å²) >= 11 is 0. The highest BCUT2D eigenvalue weighted by atomic mass is 33.1. The number of nitrogens with zero attached hydrogens (tertiary/aromatic N) is 1. The van der Waals surface area contributed by atoms with Crippen LogP contribution in [0.2, 0.25) is 0 Å². The number of aliphatic hydroxyl groups is 2. The van der Waals surface area contributed by atoms with Gasteiger partial charge in [-0.3, -0.25) is 9.79 Å². The molecule has 0 aromatic heterocycles. The van der Waals surface area contributed by atoms with Crippen LogP contribution < -0.4 is 21.3 Å². The number of aromatic hydroxyl groups is 2. The molecule has 1 spiro atoms. The number of carbonyl (C=O) groups excluding carboxylic acids is 1. The fraction of sp³-hybridized carbons (Fsp3) is 0.434. The molecule has 12 heteroatoms. The van der Waals surface area contributed by atoms with Crippen LogP contribution in [-0.4, -0.2) is 56.0 Å². The number of aryl methyl sites for hydroxylation is 1. The molecule has 0 radical (unpaired) electrons. The first-order chi connectivity index (χ1) is 31.3. The molecule has 2 heterocycles. The number of aliphatic hydroxyl groups excluding tert-OH is 1. The average molecular weight is 913 g/mol. The van der Waals surface area contributed by atoms with Gasteiger partial charge in [0.15, 0.2) is 17.3 Å². The number of fused-ring (bicyclic) bond motifs is 8. The van der Waals surface area contributed by atoms with E-state index in [1.54, 1.807) is 58.1 Å². The number of hydrogen-bond acceptors (Lipinski definition) is 12. The molecule has 7 atom stereocenters. The van der Waals surface area contributed by atoms with Gasteiger partial charge >= 0.3 is 0 Å². The molecule has 4 aliphatic carbocycles. The number of allylic oxidation sites excluding steroid dienone is 6. The number of rotatable bonds is 5. The molecule has 2 saturated carbocycles. The van der Waals surface area contributed by atoms with E-state index in [9.17, 15) is 30.3 Å². The van der Waals surface area contributed by atoms with Gasteiger partial charge in [-0.15, -0.1) is 5.76 Å². The van der Waals surface area contributed by atoms with E-state index in [4.69, 9.17) is 16.2 Å². The number of phenolic OH excluding ortho intramolecular Hbond substituents is 2. The summed E-state index contributed by atoms with van der Waals surface area (Å²) in [4.78, 5) is 18.1. The maximum absolute atomic E-state index is 14.2. The predicted octanol–water partition coefficient (Wildman–Crippen LogP) is 7.70. The summed E-state index contributed by atoms with van der Waals surface area (Å²) in [5.74, 6) is 7.98. The van der Waals surface area contributed by atoms with Crippen LogP contribution in [0.25, 0.3) is 0 Å². The number of aliphatic imine (C=N–C) groups is 1. The topological polar surface area (TPSA) is 195 Å². The molecule has 9 bridgehead atoms. The van der Waals surface area contributed by atoms with Gasteiger partial charge in [-0.2, -0.15) is 0 Å². The zero-order valence-electron chi connectivity index (χ0n) is 36.8. The lowest BCUT2D eigenvalue weighted by molar-refractivity contribution is -0.307. The molecular formula is C53H58N3O7S2-. The van der Waals surface area contributed by atoms with E-state index in [1.165, 1.54) is 0 Å². The minimum absolute atomic E-state index is 0.00421. The fourth-order valence-electron chi connectivity index (χ4n) is 11.6. The Bertz CT molecular complexity index is 2590. The van der Waals surface area contributed by atoms with E-state index >= 15 is 0 Å². The van der Waals surface area contributed by atoms with E-state index in [1.807, 2.05) is 37.3 Å². The molecule has 340 valence electrons. The molecule has 2 aliphatic heterocycles. The molecular weight excluding hydrogens is 855 g/mol. The van der Waals surface area contributed by atoms with E-state index in [0.29, 0.717) is 71.8 Å². The maximum Gasteiger partial charge on any atom is 0.161 e. The van der Waals surface area contributed by atoms with Crippen molar-refractivity contribution < 1.29 is 35.1 Å². The van der Waals surface area contributed by atoms with Crippen molar-refractivity contribution in [2.45, 2.75) is 107 Å². The molecule has 2 fully saturated rings. The molecule has 0 amide bonds. The molecule has 3 aromatic rings. The Balaban J connectivity index is 1.11. The van der Waals surface area contributed by atoms with Crippen LogP contribution in [0.3, 0.4) is 0 Å². The highest BCUT2D eigenvalue weighted by Crippen LogP contribution is 2.71. The summed E-state index contributed by atoms with van der Waals surface area (Å²) in [6.45, 7) is 2.04. The van der Waals surface area contributed by atoms with Crippen LogP contribution in [0.1, 0.15) is 116 Å². The third-order valence-corrected chi connectivity index (χ3v) is 17.3. The normalized spacial score (nSPS) is 29.0. The Morgan fingerprint density at radius 3 is 2.62 bits per heavy atom. The Morgan fingerprint density at radius 1 is 0.985 bits per heavy atom. The highest BCUT2D eigenvalue weighted by molar-refractivity contribution is 8.76. The Hall–Kier alpha value is -4.74. The van der Waals surface area contributed by atoms with Gasteiger partial charge in [-0.05, 0) is 139 Å². The lowest BCUT2D eigenvalue weighted by atomic mass is 9.55. The predicted molar refractivity (Wildman–Crippen MR) is 256 cm³/mol. The van der Waals surface area contributed by atoms with Gasteiger partial charge in [0, 0.05) is 53.0 Å². The standard InChI is InChI=1S/C53H59N3O7S2/c1-32(57)4-2-6-44-36-14-19-53(62)30-51(44)18-15-38(58)11-8-33-10-13-47(60)49(23-33)63-21-17-34-9-12-46(59)43(22-34)42-26-48(61)39-16-20-56-45(39)7-3-5-35-24-41(50(54)55)37(25-40(35)42)28-64-65-31-52(53,27-36)29-51/h9-10,12-16,18-20,22-25,32,36,42,44,50,57,59-62H,2,4,6-8,11,17,21,26-31,54-55H2,1H3/p-1. The zero-order valence-corrected chi connectivity index (χ0v) is 38.4. The zero-order chi connectivity index (χ0) is 45.5. The minimum atomic E-state index is -1.05. The summed E-state index contributed by atoms with van der Waals surface area (Å²) < 4.78 is 6.16. The van der Waals surface area contributed by atoms with Crippen LogP contribution in [0, 0.1) is 34.5 Å². The minimum Gasteiger partial charge on any atom is -0.875 e. The lowest BCUT2D eigenvalue weighted by Crippen LogP contribution is -2.49. The number of benzene rings is 3. The second kappa shape index (κ2) is 18.5. The van der Waals surface area contributed by atoms with Crippen LogP contribution in [0.15, 0.2) is 101 Å². The first kappa shape index (κ1) is 45.4. The second-order valence-corrected chi connectivity index (χ2v) is 21.6. The summed E-state index contributed by atoms with van der Waals surface area (Å²) in [5.41, 5.74) is 17.7. The van der Waals surface area contributed by atoms with E-state index in [-0.39, 0.29) is 54.3 Å². The van der Waals surface area contributed by atoms with Crippen LogP contribution in [0.5, 0.6) is 17.2 Å². The third kappa shape index (κ3) is 9.08. The van der Waals surface area contributed by atoms with E-state index in [0.717, 1.165) is 53.5 Å². The van der Waals surface area contributed by atoms with Crippen LogP contribution >= 0.6 is 21.6 Å². The summed E-state index contributed by atoms with van der Waals surface area (Å²) in [5, 5.41) is 59.4. The van der Waals surface area contributed by atoms with Gasteiger partial charge < -0.3 is 41.7 Å². The molecule has 65 heavy (non-hydrogen) atoms. The van der Waals surface area contributed by atoms with E-state index < -0.39 is 34.6 Å². The molecule has 0 saturated heterocycles. The molecule has 9 rings (SSSR count). The number of ether oxygens (including phenoxy) is 1. The smallest absolute Gasteiger partial charge is 0.161 e. The first-order valence-electron chi connectivity index (χ1n) is 22.9. The molecule has 8 N–H and O–H groups in total. The van der Waals surface area contributed by atoms with Gasteiger partial charge in [-0.25, -0.2) is 0 Å². The van der Waals surface area contributed by atoms with E-state index in [2.05, 4.69) is 35.1 Å². The Morgan fingerprint density at radius 2 is 1.80 bits per heavy atom. The quantitative estimate of drug-likeness (QED) is 0.0636. The second-order valence-electron chi connectivity index (χ2n) is 19.2. The largest absolute Gasteiger partial charge is 0.875 e. The summed E-state index contributed by atoms with van der Waals surface area (Å²) in [6, 6.07) is 14.6. The van der Waals surface area contributed by atoms with Gasteiger partial charge in [0.2, 0.25) is 0 Å². The van der Waals surface area contributed by atoms with Crippen molar-refractivity contribution in [2.75, 3.05) is 12.4 Å². The third-order valence-electron chi connectivity index (χ3n) is 14.9. The van der Waals surface area contributed by atoms with Gasteiger partial charge in [0.1, 0.15) is 5.75 Å². The number of carbonyl (C=O) groups is 1. The Kier molecular flexibility index (Phi) is 12.9. The first-order valence-corrected chi connectivity index (χ1v) is 25.4. The SMILES string of the molecule is CC(O)CCCC1C2C=CC3(O)CC14C=CC(=O)CCc1ccc(O)c(c1)OCCc1ccc(O)c(c1)C1CC([O-])=C5C=CN=C5CC#Cc5cc(C(N)N)c(cc51)CSSCC3(C2)C4. The number of ketones is 1. The van der Waals surface area contributed by atoms with Crippen molar-refractivity contribution in [3.05, 3.63) is 135 Å². The van der Waals surface area contributed by atoms with Gasteiger partial charge in [0.05, 0.1) is 36.6 Å². The van der Waals surface area contributed by atoms with Crippen LogP contribution in [0.4, 0.5) is 0 Å². The molecule has 10 nitrogen and oxygen atoms in total. The van der Waals surface area contributed by atoms with Crippen molar-refractivity contribution in [3.8, 4) is 29.1 Å². The van der Waals surface area contributed by atoms with Gasteiger partial charge in [0.25, 0.3) is 0 Å². The molecule has 7 unspecified atom stereocenters. The fourth-order valence-corrected chi connectivity index (χ4v) is 14.4. The number of phenols is 2. The van der Waals surface area contributed by atoms with Gasteiger partial charge in [-0.1, -0.05) is 82.3 Å². The van der Waals surface area contributed by atoms with Crippen molar-refractivity contribution >= 4 is 33.1 Å². The monoisotopic (exact) mass is 912 g/mol. The van der Waals surface area contributed by atoms with Crippen molar-refractivity contribution in [1.82, 2.24) is 0 Å². The number of nitrogens with two attached hydrogens (primary N) is 2. The maximum atomic E-state index is 14.2. The van der Waals surface area contributed by atoms with Crippen molar-refractivity contribution in [2.24, 2.45) is 39.1 Å². The van der Waals surface area contributed by atoms with Crippen molar-refractivity contribution in [3.63, 3.8) is 0 Å². The molecule has 3 aromatic carbocycles. The Labute approximate surface area is 389 Å².